The van der Waals surface area contributed by atoms with Crippen molar-refractivity contribution in [2.45, 2.75) is 32.9 Å². The minimum absolute atomic E-state index is 0.180. The molecule has 8 heteroatoms. The highest BCUT2D eigenvalue weighted by molar-refractivity contribution is 6.30. The lowest BCUT2D eigenvalue weighted by atomic mass is 9.92. The summed E-state index contributed by atoms with van der Waals surface area (Å²) in [5.41, 5.74) is 2.28. The topological polar surface area (TPSA) is 70.2 Å². The van der Waals surface area contributed by atoms with Gasteiger partial charge in [0.15, 0.2) is 0 Å². The summed E-state index contributed by atoms with van der Waals surface area (Å²) >= 11 is 5.98. The Kier molecular flexibility index (Phi) is 6.12. The normalized spacial score (nSPS) is 16.1. The molecule has 2 aliphatic heterocycles. The lowest BCUT2D eigenvalue weighted by Crippen LogP contribution is -2.50. The zero-order valence-electron chi connectivity index (χ0n) is 20.6. The molecule has 0 unspecified atom stereocenters. The molecule has 0 saturated carbocycles. The molecule has 0 atom stereocenters. The van der Waals surface area contributed by atoms with E-state index in [0.717, 1.165) is 16.6 Å². The van der Waals surface area contributed by atoms with Gasteiger partial charge in [0.05, 0.1) is 6.54 Å². The predicted octanol–water partition coefficient (Wildman–Crippen LogP) is 5.35. The van der Waals surface area contributed by atoms with Gasteiger partial charge in [-0.2, -0.15) is 0 Å². The molecule has 3 amide bonds. The molecule has 186 valence electrons. The van der Waals surface area contributed by atoms with E-state index in [-0.39, 0.29) is 24.5 Å². The van der Waals surface area contributed by atoms with E-state index in [1.165, 1.54) is 4.90 Å². The maximum atomic E-state index is 13.4. The Balaban J connectivity index is 1.41. The van der Waals surface area contributed by atoms with E-state index in [1.54, 1.807) is 23.1 Å². The monoisotopic (exact) mass is 505 g/mol. The number of anilines is 1. The Labute approximate surface area is 215 Å². The Morgan fingerprint density at radius 3 is 2.17 bits per heavy atom. The summed E-state index contributed by atoms with van der Waals surface area (Å²) in [5, 5.41) is 2.15. The Hall–Kier alpha value is -3.58. The van der Waals surface area contributed by atoms with Crippen molar-refractivity contribution >= 4 is 46.0 Å². The van der Waals surface area contributed by atoms with Gasteiger partial charge in [-0.15, -0.1) is 0 Å². The lowest BCUT2D eigenvalue weighted by Gasteiger charge is -2.37. The van der Waals surface area contributed by atoms with E-state index in [2.05, 4.69) is 4.90 Å². The highest BCUT2D eigenvalue weighted by Gasteiger charge is 2.34. The molecule has 7 nitrogen and oxygen atoms in total. The predicted molar refractivity (Wildman–Crippen MR) is 140 cm³/mol. The van der Waals surface area contributed by atoms with Crippen molar-refractivity contribution in [3.05, 3.63) is 76.3 Å². The van der Waals surface area contributed by atoms with Crippen molar-refractivity contribution in [3.8, 4) is 0 Å². The minimum Gasteiger partial charge on any atom is -0.444 e. The van der Waals surface area contributed by atoms with Gasteiger partial charge in [0, 0.05) is 58.8 Å². The third kappa shape index (κ3) is 4.51. The standard InChI is InChI=1S/C28H28ClN3O4/c1-28(2,3)36-27(35)31-15-13-30(14-16-31)23-12-11-22-24-20(23)5-4-6-21(24)25(33)32(26(22)34)17-18-7-9-19(29)10-8-18/h4-12H,13-17H2,1-3H3. The van der Waals surface area contributed by atoms with Crippen LogP contribution in [0.25, 0.3) is 10.8 Å². The fourth-order valence-electron chi connectivity index (χ4n) is 4.78. The van der Waals surface area contributed by atoms with Crippen molar-refractivity contribution in [1.29, 1.82) is 0 Å². The van der Waals surface area contributed by atoms with E-state index in [0.29, 0.717) is 47.7 Å². The summed E-state index contributed by atoms with van der Waals surface area (Å²) in [4.78, 5) is 44.5. The highest BCUT2D eigenvalue weighted by Crippen LogP contribution is 2.37. The first-order valence-corrected chi connectivity index (χ1v) is 12.4. The van der Waals surface area contributed by atoms with E-state index < -0.39 is 5.60 Å². The number of nitrogens with zero attached hydrogens (tertiary/aromatic N) is 3. The second-order valence-corrected chi connectivity index (χ2v) is 10.6. The summed E-state index contributed by atoms with van der Waals surface area (Å²) in [6, 6.07) is 16.5. The Morgan fingerprint density at radius 2 is 1.53 bits per heavy atom. The van der Waals surface area contributed by atoms with E-state index in [4.69, 9.17) is 16.3 Å². The number of amides is 3. The van der Waals surface area contributed by atoms with Crippen molar-refractivity contribution in [3.63, 3.8) is 0 Å². The van der Waals surface area contributed by atoms with Gasteiger partial charge in [-0.25, -0.2) is 4.79 Å². The van der Waals surface area contributed by atoms with E-state index >= 15 is 0 Å². The van der Waals surface area contributed by atoms with Crippen molar-refractivity contribution < 1.29 is 19.1 Å². The summed E-state index contributed by atoms with van der Waals surface area (Å²) in [6.45, 7) is 8.07. The van der Waals surface area contributed by atoms with Crippen LogP contribution in [0.15, 0.2) is 54.6 Å². The van der Waals surface area contributed by atoms with Gasteiger partial charge in [0.25, 0.3) is 11.8 Å². The lowest BCUT2D eigenvalue weighted by molar-refractivity contribution is 0.0240. The third-order valence-corrected chi connectivity index (χ3v) is 6.75. The van der Waals surface area contributed by atoms with Gasteiger partial charge in [-0.3, -0.25) is 14.5 Å². The zero-order valence-corrected chi connectivity index (χ0v) is 21.3. The molecule has 1 fully saturated rings. The molecule has 5 rings (SSSR count). The van der Waals surface area contributed by atoms with Crippen LogP contribution >= 0.6 is 11.6 Å². The van der Waals surface area contributed by atoms with Crippen molar-refractivity contribution in [2.75, 3.05) is 31.1 Å². The number of hydrogen-bond acceptors (Lipinski definition) is 5. The first-order chi connectivity index (χ1) is 17.1. The smallest absolute Gasteiger partial charge is 0.410 e. The van der Waals surface area contributed by atoms with Gasteiger partial charge >= 0.3 is 6.09 Å². The van der Waals surface area contributed by atoms with E-state index in [1.807, 2.05) is 57.2 Å². The van der Waals surface area contributed by atoms with Gasteiger partial charge in [-0.1, -0.05) is 35.9 Å². The maximum Gasteiger partial charge on any atom is 0.410 e. The molecular weight excluding hydrogens is 478 g/mol. The van der Waals surface area contributed by atoms with Crippen LogP contribution in [0.1, 0.15) is 47.1 Å². The SMILES string of the molecule is CC(C)(C)OC(=O)N1CCN(c2ccc3c4c(cccc24)C(=O)N(Cc2ccc(Cl)cc2)C3=O)CC1. The fourth-order valence-corrected chi connectivity index (χ4v) is 4.90. The number of benzene rings is 3. The van der Waals surface area contributed by atoms with Gasteiger partial charge in [0.2, 0.25) is 0 Å². The van der Waals surface area contributed by atoms with Crippen molar-refractivity contribution in [2.24, 2.45) is 0 Å². The Bertz CT molecular complexity index is 1330. The number of piperazine rings is 1. The van der Waals surface area contributed by atoms with Crippen LogP contribution in [0.2, 0.25) is 5.02 Å². The van der Waals surface area contributed by atoms with Crippen LogP contribution < -0.4 is 4.90 Å². The number of carbonyl (C=O) groups is 3. The number of hydrogen-bond donors (Lipinski definition) is 0. The van der Waals surface area contributed by atoms with Crippen LogP contribution in [-0.2, 0) is 11.3 Å². The van der Waals surface area contributed by atoms with Crippen LogP contribution in [0.5, 0.6) is 0 Å². The number of imide groups is 1. The second kappa shape index (κ2) is 9.13. The van der Waals surface area contributed by atoms with Crippen LogP contribution in [-0.4, -0.2) is 59.5 Å². The molecule has 0 N–H and O–H groups in total. The summed E-state index contributed by atoms with van der Waals surface area (Å²) in [5.74, 6) is -0.611. The average Bonchev–Trinajstić information content (AvgIpc) is 2.85. The number of halogens is 1. The number of carbonyl (C=O) groups excluding carboxylic acids is 3. The quantitative estimate of drug-likeness (QED) is 0.449. The van der Waals surface area contributed by atoms with Crippen LogP contribution in [0.4, 0.5) is 10.5 Å². The molecule has 0 bridgehead atoms. The third-order valence-electron chi connectivity index (χ3n) is 6.49. The summed E-state index contributed by atoms with van der Waals surface area (Å²) in [6.07, 6.45) is -0.309. The number of rotatable bonds is 3. The second-order valence-electron chi connectivity index (χ2n) is 10.1. The summed E-state index contributed by atoms with van der Waals surface area (Å²) in [7, 11) is 0. The molecule has 0 spiro atoms. The Morgan fingerprint density at radius 1 is 0.889 bits per heavy atom. The molecule has 0 aromatic heterocycles. The number of ether oxygens (including phenoxy) is 1. The first-order valence-electron chi connectivity index (χ1n) is 12.0. The van der Waals surface area contributed by atoms with Gasteiger partial charge < -0.3 is 14.5 Å². The fraction of sp³-hybridized carbons (Fsp3) is 0.321. The van der Waals surface area contributed by atoms with Crippen LogP contribution in [0.3, 0.4) is 0 Å². The van der Waals surface area contributed by atoms with Gasteiger partial charge in [0.1, 0.15) is 5.60 Å². The maximum absolute atomic E-state index is 13.4. The molecular formula is C28H28ClN3O4. The summed E-state index contributed by atoms with van der Waals surface area (Å²) < 4.78 is 5.51. The first kappa shape index (κ1) is 24.1. The van der Waals surface area contributed by atoms with Crippen LogP contribution in [0, 0.1) is 0 Å². The molecule has 2 aliphatic rings. The molecule has 0 radical (unpaired) electrons. The average molecular weight is 506 g/mol. The van der Waals surface area contributed by atoms with Gasteiger partial charge in [-0.05, 0) is 56.7 Å². The van der Waals surface area contributed by atoms with Crippen molar-refractivity contribution in [1.82, 2.24) is 9.80 Å². The molecule has 1 saturated heterocycles. The minimum atomic E-state index is -0.537. The zero-order chi connectivity index (χ0) is 25.6. The van der Waals surface area contributed by atoms with E-state index in [9.17, 15) is 14.4 Å². The molecule has 36 heavy (non-hydrogen) atoms. The highest BCUT2D eigenvalue weighted by atomic mass is 35.5. The molecule has 3 aromatic carbocycles. The molecule has 3 aromatic rings. The molecule has 0 aliphatic carbocycles. The largest absolute Gasteiger partial charge is 0.444 e. The molecule has 2 heterocycles.